The average Bonchev–Trinajstić information content (AvgIpc) is 3.13. The Hall–Kier alpha value is -1.14. The highest BCUT2D eigenvalue weighted by Crippen LogP contribution is 2.34. The number of morpholine rings is 1. The molecule has 1 saturated heterocycles. The number of rotatable bonds is 5. The van der Waals surface area contributed by atoms with Gasteiger partial charge in [-0.2, -0.15) is 0 Å². The molecule has 0 aromatic carbocycles. The van der Waals surface area contributed by atoms with E-state index in [2.05, 4.69) is 4.90 Å². The summed E-state index contributed by atoms with van der Waals surface area (Å²) in [6, 6.07) is 0.342. The number of nitrogens with zero attached hydrogens (tertiary/aromatic N) is 2. The van der Waals surface area contributed by atoms with E-state index in [0.717, 1.165) is 25.7 Å². The number of carbonyl (C=O) groups is 2. The predicted molar refractivity (Wildman–Crippen MR) is 82.1 cm³/mol. The van der Waals surface area contributed by atoms with Crippen molar-refractivity contribution in [3.63, 3.8) is 0 Å². The highest BCUT2D eigenvalue weighted by molar-refractivity contribution is 5.83. The van der Waals surface area contributed by atoms with Crippen LogP contribution in [0, 0.1) is 0 Å². The zero-order chi connectivity index (χ0) is 15.7. The fourth-order valence-corrected chi connectivity index (χ4v) is 3.97. The number of primary amides is 1. The van der Waals surface area contributed by atoms with Gasteiger partial charge in [-0.05, 0) is 32.6 Å². The molecule has 2 aliphatic carbocycles. The first-order chi connectivity index (χ1) is 10.6. The topological polar surface area (TPSA) is 75.9 Å². The maximum absolute atomic E-state index is 12.8. The van der Waals surface area contributed by atoms with Crippen molar-refractivity contribution < 1.29 is 14.3 Å². The van der Waals surface area contributed by atoms with E-state index in [0.29, 0.717) is 25.2 Å². The molecule has 22 heavy (non-hydrogen) atoms. The van der Waals surface area contributed by atoms with Gasteiger partial charge in [-0.1, -0.05) is 12.8 Å². The van der Waals surface area contributed by atoms with Gasteiger partial charge in [0.25, 0.3) is 0 Å². The monoisotopic (exact) mass is 309 g/mol. The van der Waals surface area contributed by atoms with Crippen LogP contribution < -0.4 is 5.73 Å². The van der Waals surface area contributed by atoms with Gasteiger partial charge in [0.05, 0.1) is 19.3 Å². The molecule has 0 aromatic rings. The van der Waals surface area contributed by atoms with Crippen molar-refractivity contribution in [2.45, 2.75) is 69.7 Å². The molecule has 1 heterocycles. The lowest BCUT2D eigenvalue weighted by Crippen LogP contribution is -2.59. The van der Waals surface area contributed by atoms with Gasteiger partial charge in [0, 0.05) is 18.6 Å². The minimum absolute atomic E-state index is 0.162. The summed E-state index contributed by atoms with van der Waals surface area (Å²) in [5, 5.41) is 0. The molecule has 6 heteroatoms. The van der Waals surface area contributed by atoms with E-state index in [4.69, 9.17) is 10.5 Å². The molecule has 2 saturated carbocycles. The fraction of sp³-hybridized carbons (Fsp3) is 0.875. The first-order valence-electron chi connectivity index (χ1n) is 8.54. The SMILES string of the molecule is C[C@H]1OCCN(CC(=O)N(C2CCCC2)C2CC2)[C@@H]1C(N)=O. The Bertz CT molecular complexity index is 432. The van der Waals surface area contributed by atoms with Crippen LogP contribution in [0.15, 0.2) is 0 Å². The predicted octanol–water partition coefficient (Wildman–Crippen LogP) is 0.495. The lowest BCUT2D eigenvalue weighted by atomic mass is 10.1. The summed E-state index contributed by atoms with van der Waals surface area (Å²) in [5.74, 6) is -0.242. The molecule has 0 unspecified atom stereocenters. The van der Waals surface area contributed by atoms with Crippen LogP contribution in [0.5, 0.6) is 0 Å². The zero-order valence-corrected chi connectivity index (χ0v) is 13.4. The molecule has 2 atom stereocenters. The van der Waals surface area contributed by atoms with Crippen LogP contribution in [0.1, 0.15) is 45.4 Å². The summed E-state index contributed by atoms with van der Waals surface area (Å²) in [7, 11) is 0. The van der Waals surface area contributed by atoms with Gasteiger partial charge in [-0.25, -0.2) is 0 Å². The van der Waals surface area contributed by atoms with E-state index < -0.39 is 11.9 Å². The Morgan fingerprint density at radius 2 is 1.82 bits per heavy atom. The Morgan fingerprint density at radius 3 is 2.41 bits per heavy atom. The quantitative estimate of drug-likeness (QED) is 0.802. The van der Waals surface area contributed by atoms with E-state index in [1.54, 1.807) is 0 Å². The van der Waals surface area contributed by atoms with Crippen LogP contribution in [-0.2, 0) is 14.3 Å². The van der Waals surface area contributed by atoms with Gasteiger partial charge < -0.3 is 15.4 Å². The lowest BCUT2D eigenvalue weighted by molar-refractivity contribution is -0.144. The molecule has 1 aliphatic heterocycles. The van der Waals surface area contributed by atoms with Crippen molar-refractivity contribution in [2.24, 2.45) is 5.73 Å². The van der Waals surface area contributed by atoms with Crippen LogP contribution in [-0.4, -0.2) is 65.5 Å². The van der Waals surface area contributed by atoms with Crippen molar-refractivity contribution >= 4 is 11.8 Å². The molecule has 3 fully saturated rings. The maximum Gasteiger partial charge on any atom is 0.237 e. The van der Waals surface area contributed by atoms with E-state index in [-0.39, 0.29) is 18.6 Å². The minimum atomic E-state index is -0.498. The van der Waals surface area contributed by atoms with Crippen molar-refractivity contribution in [2.75, 3.05) is 19.7 Å². The third-order valence-electron chi connectivity index (χ3n) is 5.17. The van der Waals surface area contributed by atoms with Gasteiger partial charge in [0.1, 0.15) is 6.04 Å². The summed E-state index contributed by atoms with van der Waals surface area (Å²) >= 11 is 0. The highest BCUT2D eigenvalue weighted by atomic mass is 16.5. The van der Waals surface area contributed by atoms with Crippen molar-refractivity contribution in [1.82, 2.24) is 9.80 Å². The van der Waals surface area contributed by atoms with Gasteiger partial charge >= 0.3 is 0 Å². The number of ether oxygens (including phenoxy) is 1. The zero-order valence-electron chi connectivity index (χ0n) is 13.4. The maximum atomic E-state index is 12.8. The molecule has 3 aliphatic rings. The van der Waals surface area contributed by atoms with Crippen LogP contribution >= 0.6 is 0 Å². The standard InChI is InChI=1S/C16H27N3O3/c1-11-15(16(17)21)18(8-9-22-11)10-14(20)19(13-6-7-13)12-4-2-3-5-12/h11-13,15H,2-10H2,1H3,(H2,17,21)/t11-,15+/m1/s1. The van der Waals surface area contributed by atoms with Crippen LogP contribution in [0.2, 0.25) is 0 Å². The van der Waals surface area contributed by atoms with Gasteiger partial charge in [0.2, 0.25) is 11.8 Å². The largest absolute Gasteiger partial charge is 0.375 e. The molecular weight excluding hydrogens is 282 g/mol. The normalized spacial score (nSPS) is 30.4. The first kappa shape index (κ1) is 15.7. The molecule has 6 nitrogen and oxygen atoms in total. The second-order valence-corrected chi connectivity index (χ2v) is 6.86. The van der Waals surface area contributed by atoms with Crippen LogP contribution in [0.25, 0.3) is 0 Å². The molecule has 0 aromatic heterocycles. The van der Waals surface area contributed by atoms with Crippen molar-refractivity contribution in [1.29, 1.82) is 0 Å². The Kier molecular flexibility index (Phi) is 4.68. The Balaban J connectivity index is 1.67. The summed E-state index contributed by atoms with van der Waals surface area (Å²) < 4.78 is 5.52. The van der Waals surface area contributed by atoms with Crippen LogP contribution in [0.4, 0.5) is 0 Å². The molecule has 0 radical (unpaired) electrons. The van der Waals surface area contributed by atoms with E-state index in [9.17, 15) is 9.59 Å². The fourth-order valence-electron chi connectivity index (χ4n) is 3.97. The third-order valence-corrected chi connectivity index (χ3v) is 5.17. The van der Waals surface area contributed by atoms with Gasteiger partial charge in [0.15, 0.2) is 0 Å². The summed E-state index contributed by atoms with van der Waals surface area (Å²) in [5.41, 5.74) is 5.51. The average molecular weight is 309 g/mol. The molecule has 2 N–H and O–H groups in total. The number of nitrogens with two attached hydrogens (primary N) is 1. The second-order valence-electron chi connectivity index (χ2n) is 6.86. The summed E-state index contributed by atoms with van der Waals surface area (Å²) in [6.45, 7) is 3.27. The second kappa shape index (κ2) is 6.54. The molecular formula is C16H27N3O3. The van der Waals surface area contributed by atoms with Crippen molar-refractivity contribution in [3.8, 4) is 0 Å². The molecule has 0 bridgehead atoms. The van der Waals surface area contributed by atoms with Crippen LogP contribution in [0.3, 0.4) is 0 Å². The number of amides is 2. The van der Waals surface area contributed by atoms with E-state index >= 15 is 0 Å². The lowest BCUT2D eigenvalue weighted by Gasteiger charge is -2.39. The smallest absolute Gasteiger partial charge is 0.237 e. The molecule has 124 valence electrons. The van der Waals surface area contributed by atoms with E-state index in [1.807, 2.05) is 11.8 Å². The Morgan fingerprint density at radius 1 is 1.18 bits per heavy atom. The third kappa shape index (κ3) is 3.27. The van der Waals surface area contributed by atoms with Gasteiger partial charge in [-0.3, -0.25) is 14.5 Å². The Labute approximate surface area is 131 Å². The number of hydrogen-bond donors (Lipinski definition) is 1. The number of hydrogen-bond acceptors (Lipinski definition) is 4. The summed E-state index contributed by atoms with van der Waals surface area (Å²) in [4.78, 5) is 28.6. The number of carbonyl (C=O) groups excluding carboxylic acids is 2. The molecule has 3 rings (SSSR count). The minimum Gasteiger partial charge on any atom is -0.375 e. The highest BCUT2D eigenvalue weighted by Gasteiger charge is 2.41. The molecule has 0 spiro atoms. The first-order valence-corrected chi connectivity index (χ1v) is 8.54. The van der Waals surface area contributed by atoms with E-state index in [1.165, 1.54) is 12.8 Å². The molecule has 2 amide bonds. The van der Waals surface area contributed by atoms with Crippen molar-refractivity contribution in [3.05, 3.63) is 0 Å². The summed E-state index contributed by atoms with van der Waals surface area (Å²) in [6.07, 6.45) is 6.70. The van der Waals surface area contributed by atoms with Gasteiger partial charge in [-0.15, -0.1) is 0 Å².